The van der Waals surface area contributed by atoms with Gasteiger partial charge >= 0.3 is 6.03 Å². The molecule has 1 aromatic heterocycles. The number of imide groups is 1. The van der Waals surface area contributed by atoms with Crippen molar-refractivity contribution in [3.8, 4) is 0 Å². The van der Waals surface area contributed by atoms with E-state index in [1.807, 2.05) is 38.1 Å². The first-order valence-electron chi connectivity index (χ1n) is 10.3. The highest BCUT2D eigenvalue weighted by molar-refractivity contribution is 6.11. The third kappa shape index (κ3) is 2.81. The highest BCUT2D eigenvalue weighted by Crippen LogP contribution is 2.45. The van der Waals surface area contributed by atoms with E-state index in [0.29, 0.717) is 26.1 Å². The van der Waals surface area contributed by atoms with Crippen LogP contribution in [0.1, 0.15) is 32.0 Å². The Hall–Kier alpha value is -2.87. The first-order chi connectivity index (χ1) is 14.3. The smallest absolute Gasteiger partial charge is 0.328 e. The van der Waals surface area contributed by atoms with Crippen LogP contribution in [0, 0.1) is 5.92 Å². The summed E-state index contributed by atoms with van der Waals surface area (Å²) in [5, 5.41) is 3.86. The number of methoxy groups -OCH3 is 1. The van der Waals surface area contributed by atoms with Gasteiger partial charge in [0.25, 0.3) is 5.91 Å². The maximum absolute atomic E-state index is 13.7. The number of ether oxygens (including phenoxy) is 1. The highest BCUT2D eigenvalue weighted by atomic mass is 16.5. The summed E-state index contributed by atoms with van der Waals surface area (Å²) in [7, 11) is 1.55. The molecule has 1 fully saturated rings. The molecule has 8 heteroatoms. The number of hydrogen-bond donors (Lipinski definition) is 2. The van der Waals surface area contributed by atoms with Gasteiger partial charge in [-0.25, -0.2) is 9.69 Å². The molecule has 1 aromatic carbocycles. The van der Waals surface area contributed by atoms with Crippen LogP contribution in [0.2, 0.25) is 0 Å². The number of carbonyl (C=O) groups excluding carboxylic acids is 3. The fraction of sp³-hybridized carbons (Fsp3) is 0.500. The number of para-hydroxylation sites is 1. The van der Waals surface area contributed by atoms with E-state index >= 15 is 0 Å². The lowest BCUT2D eigenvalue weighted by molar-refractivity contribution is -0.140. The highest BCUT2D eigenvalue weighted by Gasteiger charge is 2.61. The molecule has 2 aliphatic rings. The van der Waals surface area contributed by atoms with E-state index < -0.39 is 17.6 Å². The number of nitrogens with zero attached hydrogens (tertiary/aromatic N) is 2. The average Bonchev–Trinajstić information content (AvgIpc) is 3.18. The fourth-order valence-electron chi connectivity index (χ4n) is 4.76. The monoisotopic (exact) mass is 412 g/mol. The maximum Gasteiger partial charge on any atom is 0.328 e. The van der Waals surface area contributed by atoms with Crippen molar-refractivity contribution < 1.29 is 19.1 Å². The van der Waals surface area contributed by atoms with Crippen molar-refractivity contribution in [1.82, 2.24) is 20.1 Å². The number of amides is 4. The van der Waals surface area contributed by atoms with Crippen molar-refractivity contribution in [3.05, 3.63) is 35.5 Å². The molecule has 4 rings (SSSR count). The minimum atomic E-state index is -1.15. The summed E-state index contributed by atoms with van der Waals surface area (Å²) in [4.78, 5) is 46.1. The predicted octanol–water partition coefficient (Wildman–Crippen LogP) is 1.99. The van der Waals surface area contributed by atoms with E-state index in [1.54, 1.807) is 18.9 Å². The maximum atomic E-state index is 13.7. The van der Waals surface area contributed by atoms with E-state index in [2.05, 4.69) is 10.3 Å². The van der Waals surface area contributed by atoms with Gasteiger partial charge < -0.3 is 19.9 Å². The zero-order valence-corrected chi connectivity index (χ0v) is 17.8. The number of urea groups is 1. The van der Waals surface area contributed by atoms with Gasteiger partial charge in [0.15, 0.2) is 5.54 Å². The molecule has 2 aliphatic heterocycles. The van der Waals surface area contributed by atoms with Crippen LogP contribution in [0.4, 0.5) is 4.79 Å². The molecular formula is C22H28N4O4. The van der Waals surface area contributed by atoms with E-state index in [9.17, 15) is 14.4 Å². The molecule has 3 heterocycles. The summed E-state index contributed by atoms with van der Waals surface area (Å²) in [6.45, 7) is 6.58. The van der Waals surface area contributed by atoms with E-state index in [1.165, 1.54) is 0 Å². The zero-order chi connectivity index (χ0) is 21.6. The lowest BCUT2D eigenvalue weighted by Crippen LogP contribution is -2.53. The molecule has 2 atom stereocenters. The van der Waals surface area contributed by atoms with Gasteiger partial charge in [0.1, 0.15) is 6.04 Å². The Balaban J connectivity index is 1.74. The molecule has 160 valence electrons. The number of aromatic nitrogens is 1. The zero-order valence-electron chi connectivity index (χ0n) is 17.8. The van der Waals surface area contributed by atoms with Crippen molar-refractivity contribution in [3.63, 3.8) is 0 Å². The fourth-order valence-corrected chi connectivity index (χ4v) is 4.76. The second-order valence-electron chi connectivity index (χ2n) is 8.43. The first kappa shape index (κ1) is 20.4. The minimum absolute atomic E-state index is 0.229. The van der Waals surface area contributed by atoms with Crippen LogP contribution in [0.3, 0.4) is 0 Å². The molecule has 8 nitrogen and oxygen atoms in total. The van der Waals surface area contributed by atoms with Crippen molar-refractivity contribution in [1.29, 1.82) is 0 Å². The topological polar surface area (TPSA) is 94.7 Å². The largest absolute Gasteiger partial charge is 0.383 e. The molecule has 4 amide bonds. The summed E-state index contributed by atoms with van der Waals surface area (Å²) in [5.74, 6) is -0.933. The van der Waals surface area contributed by atoms with Gasteiger partial charge in [-0.05, 0) is 30.9 Å². The first-order valence-corrected chi connectivity index (χ1v) is 10.3. The van der Waals surface area contributed by atoms with Gasteiger partial charge in [0.05, 0.1) is 12.3 Å². The molecule has 0 bridgehead atoms. The van der Waals surface area contributed by atoms with Crippen LogP contribution in [-0.2, 0) is 26.3 Å². The summed E-state index contributed by atoms with van der Waals surface area (Å²) in [5.41, 5.74) is 1.61. The van der Waals surface area contributed by atoms with Gasteiger partial charge in [0.2, 0.25) is 5.91 Å². The lowest BCUT2D eigenvalue weighted by atomic mass is 9.86. The summed E-state index contributed by atoms with van der Waals surface area (Å²) >= 11 is 0. The number of nitrogens with one attached hydrogen (secondary N) is 2. The Morgan fingerprint density at radius 1 is 1.30 bits per heavy atom. The van der Waals surface area contributed by atoms with E-state index in [4.69, 9.17) is 4.74 Å². The van der Waals surface area contributed by atoms with Crippen molar-refractivity contribution >= 4 is 28.7 Å². The Morgan fingerprint density at radius 2 is 2.03 bits per heavy atom. The standard InChI is InChI=1S/C22H28N4O4/c1-13(2)17(19(27)23-10-12-30-4)26-20(28)22(3)18-15(9-11-25(22)21(26)29)14-7-5-6-8-16(14)24-18/h5-8,13,17,24H,9-12H2,1-4H3,(H,23,27)/t17-,22+/m0/s1. The summed E-state index contributed by atoms with van der Waals surface area (Å²) in [6.07, 6.45) is 0.661. The lowest BCUT2D eigenvalue weighted by Gasteiger charge is -2.36. The van der Waals surface area contributed by atoms with Crippen LogP contribution in [0.25, 0.3) is 10.9 Å². The Morgan fingerprint density at radius 3 is 2.73 bits per heavy atom. The molecule has 0 unspecified atom stereocenters. The molecule has 0 radical (unpaired) electrons. The second kappa shape index (κ2) is 7.43. The number of H-pyrrole nitrogens is 1. The molecule has 2 aromatic rings. The molecule has 2 N–H and O–H groups in total. The Labute approximate surface area is 175 Å². The molecular weight excluding hydrogens is 384 g/mol. The Bertz CT molecular complexity index is 1010. The third-order valence-electron chi connectivity index (χ3n) is 6.28. The van der Waals surface area contributed by atoms with Gasteiger partial charge in [-0.2, -0.15) is 0 Å². The molecule has 1 saturated heterocycles. The quantitative estimate of drug-likeness (QED) is 0.560. The molecule has 0 saturated carbocycles. The Kier molecular flexibility index (Phi) is 5.05. The SMILES string of the molecule is COCCNC(=O)[C@H](C(C)C)N1C(=O)N2CCc3c([nH]c4ccccc34)[C@]2(C)C1=O. The average molecular weight is 412 g/mol. The van der Waals surface area contributed by atoms with Crippen LogP contribution in [0.15, 0.2) is 24.3 Å². The number of rotatable bonds is 6. The number of fused-ring (bicyclic) bond motifs is 5. The van der Waals surface area contributed by atoms with Gasteiger partial charge in [-0.1, -0.05) is 32.0 Å². The van der Waals surface area contributed by atoms with Gasteiger partial charge in [-0.3, -0.25) is 9.59 Å². The van der Waals surface area contributed by atoms with Crippen LogP contribution >= 0.6 is 0 Å². The molecule has 0 spiro atoms. The molecule has 0 aliphatic carbocycles. The summed E-state index contributed by atoms with van der Waals surface area (Å²) in [6, 6.07) is 6.63. The molecule has 30 heavy (non-hydrogen) atoms. The minimum Gasteiger partial charge on any atom is -0.383 e. The van der Waals surface area contributed by atoms with Crippen LogP contribution in [-0.4, -0.2) is 65.5 Å². The van der Waals surface area contributed by atoms with Gasteiger partial charge in [0, 0.05) is 31.1 Å². The number of aromatic amines is 1. The normalized spacial score (nSPS) is 21.9. The van der Waals surface area contributed by atoms with Crippen molar-refractivity contribution in [2.45, 2.75) is 38.8 Å². The predicted molar refractivity (Wildman–Crippen MR) is 112 cm³/mol. The van der Waals surface area contributed by atoms with Crippen molar-refractivity contribution in [2.24, 2.45) is 5.92 Å². The summed E-state index contributed by atoms with van der Waals surface area (Å²) < 4.78 is 4.99. The number of benzene rings is 1. The van der Waals surface area contributed by atoms with Crippen LogP contribution < -0.4 is 5.32 Å². The van der Waals surface area contributed by atoms with Crippen molar-refractivity contribution in [2.75, 3.05) is 26.8 Å². The van der Waals surface area contributed by atoms with E-state index in [-0.39, 0.29) is 17.7 Å². The van der Waals surface area contributed by atoms with E-state index in [0.717, 1.165) is 27.1 Å². The number of carbonyl (C=O) groups is 3. The number of hydrogen-bond acceptors (Lipinski definition) is 4. The van der Waals surface area contributed by atoms with Crippen LogP contribution in [0.5, 0.6) is 0 Å². The second-order valence-corrected chi connectivity index (χ2v) is 8.43. The third-order valence-corrected chi connectivity index (χ3v) is 6.28. The van der Waals surface area contributed by atoms with Gasteiger partial charge in [-0.15, -0.1) is 0 Å².